The highest BCUT2D eigenvalue weighted by atomic mass is 16.2. The van der Waals surface area contributed by atoms with Crippen LogP contribution in [0, 0.1) is 20.8 Å². The number of benzene rings is 1. The maximum Gasteiger partial charge on any atom is 0.241 e. The molecular formula is C17H26N2O. The van der Waals surface area contributed by atoms with E-state index in [0.717, 1.165) is 49.2 Å². The lowest BCUT2D eigenvalue weighted by Gasteiger charge is -2.24. The van der Waals surface area contributed by atoms with Crippen molar-refractivity contribution in [3.63, 3.8) is 0 Å². The lowest BCUT2D eigenvalue weighted by molar-refractivity contribution is -0.120. The van der Waals surface area contributed by atoms with Crippen molar-refractivity contribution in [3.8, 4) is 0 Å². The zero-order valence-electron chi connectivity index (χ0n) is 13.1. The van der Waals surface area contributed by atoms with Crippen LogP contribution in [0.25, 0.3) is 0 Å². The number of anilines is 1. The largest absolute Gasteiger partial charge is 0.324 e. The number of amides is 1. The molecular weight excluding hydrogens is 248 g/mol. The Balaban J connectivity index is 2.12. The van der Waals surface area contributed by atoms with Crippen molar-refractivity contribution in [2.75, 3.05) is 18.4 Å². The van der Waals surface area contributed by atoms with Gasteiger partial charge in [0.05, 0.1) is 6.04 Å². The molecule has 1 N–H and O–H groups in total. The van der Waals surface area contributed by atoms with Gasteiger partial charge in [0.25, 0.3) is 0 Å². The second-order valence-corrected chi connectivity index (χ2v) is 5.96. The predicted octanol–water partition coefficient (Wildman–Crippen LogP) is 3.42. The van der Waals surface area contributed by atoms with Crippen molar-refractivity contribution in [1.82, 2.24) is 4.90 Å². The zero-order valence-corrected chi connectivity index (χ0v) is 13.1. The summed E-state index contributed by atoms with van der Waals surface area (Å²) in [5.74, 6) is 0.158. The van der Waals surface area contributed by atoms with E-state index in [-0.39, 0.29) is 11.9 Å². The molecule has 0 aromatic heterocycles. The summed E-state index contributed by atoms with van der Waals surface area (Å²) in [5, 5.41) is 3.16. The molecule has 0 saturated carbocycles. The third-order valence-electron chi connectivity index (χ3n) is 4.10. The Morgan fingerprint density at radius 3 is 2.55 bits per heavy atom. The Kier molecular flexibility index (Phi) is 4.81. The molecule has 1 saturated heterocycles. The van der Waals surface area contributed by atoms with Crippen molar-refractivity contribution in [2.24, 2.45) is 0 Å². The van der Waals surface area contributed by atoms with Gasteiger partial charge in [0.15, 0.2) is 0 Å². The van der Waals surface area contributed by atoms with Gasteiger partial charge in [0, 0.05) is 5.69 Å². The molecule has 3 nitrogen and oxygen atoms in total. The molecule has 1 aliphatic heterocycles. The average Bonchev–Trinajstić information content (AvgIpc) is 2.82. The van der Waals surface area contributed by atoms with Crippen LogP contribution in [0.3, 0.4) is 0 Å². The molecule has 0 radical (unpaired) electrons. The molecule has 1 aliphatic rings. The smallest absolute Gasteiger partial charge is 0.241 e. The van der Waals surface area contributed by atoms with Gasteiger partial charge < -0.3 is 5.32 Å². The van der Waals surface area contributed by atoms with E-state index < -0.39 is 0 Å². The second-order valence-electron chi connectivity index (χ2n) is 5.96. The lowest BCUT2D eigenvalue weighted by Crippen LogP contribution is -2.40. The van der Waals surface area contributed by atoms with Crippen LogP contribution >= 0.6 is 0 Å². The first-order valence-corrected chi connectivity index (χ1v) is 7.65. The van der Waals surface area contributed by atoms with Crippen LogP contribution in [0.1, 0.15) is 42.9 Å². The molecule has 110 valence electrons. The molecule has 2 rings (SSSR count). The monoisotopic (exact) mass is 274 g/mol. The van der Waals surface area contributed by atoms with Crippen LogP contribution in [0.15, 0.2) is 12.1 Å². The van der Waals surface area contributed by atoms with Crippen molar-refractivity contribution in [3.05, 3.63) is 28.8 Å². The topological polar surface area (TPSA) is 32.3 Å². The van der Waals surface area contributed by atoms with Gasteiger partial charge in [-0.05, 0) is 64.3 Å². The SMILES string of the molecule is CCCN1CCC[C@@H]1C(=O)Nc1c(C)cc(C)cc1C. The minimum absolute atomic E-state index is 0.0510. The van der Waals surface area contributed by atoms with E-state index in [1.165, 1.54) is 5.56 Å². The molecule has 0 aliphatic carbocycles. The van der Waals surface area contributed by atoms with Gasteiger partial charge in [-0.3, -0.25) is 9.69 Å². The highest BCUT2D eigenvalue weighted by Crippen LogP contribution is 2.24. The van der Waals surface area contributed by atoms with E-state index in [9.17, 15) is 4.79 Å². The van der Waals surface area contributed by atoms with Crippen LogP contribution in [0.2, 0.25) is 0 Å². The third-order valence-corrected chi connectivity index (χ3v) is 4.10. The molecule has 0 bridgehead atoms. The minimum atomic E-state index is 0.0510. The van der Waals surface area contributed by atoms with Crippen molar-refractivity contribution >= 4 is 11.6 Å². The Hall–Kier alpha value is -1.35. The number of nitrogens with one attached hydrogen (secondary N) is 1. The van der Waals surface area contributed by atoms with Crippen LogP contribution in [-0.2, 0) is 4.79 Å². The summed E-state index contributed by atoms with van der Waals surface area (Å²) in [7, 11) is 0. The summed E-state index contributed by atoms with van der Waals surface area (Å²) in [6.07, 6.45) is 3.21. The van der Waals surface area contributed by atoms with Gasteiger partial charge in [-0.15, -0.1) is 0 Å². The number of carbonyl (C=O) groups is 1. The summed E-state index contributed by atoms with van der Waals surface area (Å²) >= 11 is 0. The number of carbonyl (C=O) groups excluding carboxylic acids is 1. The molecule has 1 amide bonds. The van der Waals surface area contributed by atoms with E-state index in [1.807, 2.05) is 0 Å². The molecule has 1 atom stereocenters. The van der Waals surface area contributed by atoms with Crippen LogP contribution in [-0.4, -0.2) is 29.9 Å². The number of rotatable bonds is 4. The fourth-order valence-corrected chi connectivity index (χ4v) is 3.26. The molecule has 3 heteroatoms. The number of nitrogens with zero attached hydrogens (tertiary/aromatic N) is 1. The summed E-state index contributed by atoms with van der Waals surface area (Å²) in [6, 6.07) is 4.30. The lowest BCUT2D eigenvalue weighted by atomic mass is 10.0. The Morgan fingerprint density at radius 2 is 1.95 bits per heavy atom. The van der Waals surface area contributed by atoms with Crippen LogP contribution in [0.4, 0.5) is 5.69 Å². The van der Waals surface area contributed by atoms with Crippen molar-refractivity contribution in [2.45, 2.75) is 53.0 Å². The molecule has 0 spiro atoms. The third kappa shape index (κ3) is 3.21. The van der Waals surface area contributed by atoms with E-state index >= 15 is 0 Å². The van der Waals surface area contributed by atoms with Gasteiger partial charge in [-0.1, -0.05) is 24.6 Å². The maximum absolute atomic E-state index is 12.5. The van der Waals surface area contributed by atoms with Crippen molar-refractivity contribution < 1.29 is 4.79 Å². The maximum atomic E-state index is 12.5. The standard InChI is InChI=1S/C17H26N2O/c1-5-8-19-9-6-7-15(19)17(20)18-16-13(3)10-12(2)11-14(16)4/h10-11,15H,5-9H2,1-4H3,(H,18,20)/t15-/m1/s1. The number of aryl methyl sites for hydroxylation is 3. The van der Waals surface area contributed by atoms with Gasteiger partial charge in [-0.2, -0.15) is 0 Å². The van der Waals surface area contributed by atoms with Gasteiger partial charge in [0.1, 0.15) is 0 Å². The number of hydrogen-bond acceptors (Lipinski definition) is 2. The number of likely N-dealkylation sites (tertiary alicyclic amines) is 1. The van der Waals surface area contributed by atoms with Gasteiger partial charge in [-0.25, -0.2) is 0 Å². The highest BCUT2D eigenvalue weighted by molar-refractivity contribution is 5.96. The normalized spacial score (nSPS) is 19.3. The number of hydrogen-bond donors (Lipinski definition) is 1. The van der Waals surface area contributed by atoms with E-state index in [2.05, 4.69) is 50.0 Å². The Labute approximate surface area is 122 Å². The molecule has 0 unspecified atom stereocenters. The van der Waals surface area contributed by atoms with Crippen LogP contribution in [0.5, 0.6) is 0 Å². The Bertz CT molecular complexity index is 473. The molecule has 1 aromatic rings. The van der Waals surface area contributed by atoms with Crippen molar-refractivity contribution in [1.29, 1.82) is 0 Å². The molecule has 1 heterocycles. The summed E-state index contributed by atoms with van der Waals surface area (Å²) in [6.45, 7) is 10.5. The Morgan fingerprint density at radius 1 is 1.30 bits per heavy atom. The average molecular weight is 274 g/mol. The van der Waals surface area contributed by atoms with E-state index in [1.54, 1.807) is 0 Å². The fourth-order valence-electron chi connectivity index (χ4n) is 3.26. The second kappa shape index (κ2) is 6.40. The van der Waals surface area contributed by atoms with Gasteiger partial charge >= 0.3 is 0 Å². The minimum Gasteiger partial charge on any atom is -0.324 e. The predicted molar refractivity (Wildman–Crippen MR) is 84.2 cm³/mol. The molecule has 1 aromatic carbocycles. The highest BCUT2D eigenvalue weighted by Gasteiger charge is 2.30. The first-order valence-electron chi connectivity index (χ1n) is 7.65. The molecule has 20 heavy (non-hydrogen) atoms. The fraction of sp³-hybridized carbons (Fsp3) is 0.588. The van der Waals surface area contributed by atoms with E-state index in [4.69, 9.17) is 0 Å². The first kappa shape index (κ1) is 15.0. The quantitative estimate of drug-likeness (QED) is 0.912. The summed E-state index contributed by atoms with van der Waals surface area (Å²) in [5.41, 5.74) is 4.53. The zero-order chi connectivity index (χ0) is 14.7. The molecule has 1 fully saturated rings. The van der Waals surface area contributed by atoms with Crippen LogP contribution < -0.4 is 5.32 Å². The first-order chi connectivity index (χ1) is 9.52. The van der Waals surface area contributed by atoms with Gasteiger partial charge in [0.2, 0.25) is 5.91 Å². The van der Waals surface area contributed by atoms with E-state index in [0.29, 0.717) is 0 Å². The summed E-state index contributed by atoms with van der Waals surface area (Å²) < 4.78 is 0. The summed E-state index contributed by atoms with van der Waals surface area (Å²) in [4.78, 5) is 14.9.